The third kappa shape index (κ3) is 3.16. The van der Waals surface area contributed by atoms with E-state index in [9.17, 15) is 4.79 Å². The summed E-state index contributed by atoms with van der Waals surface area (Å²) in [5.41, 5.74) is 8.64. The highest BCUT2D eigenvalue weighted by Crippen LogP contribution is 2.45. The maximum Gasteiger partial charge on any atom is 0.140 e. The maximum absolute atomic E-state index is 12.9. The first-order chi connectivity index (χ1) is 13.3. The molecule has 2 saturated carbocycles. The Kier molecular flexibility index (Phi) is 4.63. The zero-order valence-electron chi connectivity index (χ0n) is 16.3. The van der Waals surface area contributed by atoms with Crippen molar-refractivity contribution in [3.8, 4) is 11.1 Å². The van der Waals surface area contributed by atoms with Crippen LogP contribution < -0.4 is 0 Å². The first-order valence-corrected chi connectivity index (χ1v) is 11.1. The lowest BCUT2D eigenvalue weighted by molar-refractivity contribution is -0.121. The van der Waals surface area contributed by atoms with E-state index >= 15 is 0 Å². The molecule has 140 valence electrons. The van der Waals surface area contributed by atoms with Gasteiger partial charge in [0.1, 0.15) is 5.78 Å². The fourth-order valence-electron chi connectivity index (χ4n) is 5.89. The molecule has 5 rings (SSSR count). The molecule has 0 aromatic heterocycles. The predicted molar refractivity (Wildman–Crippen MR) is 111 cm³/mol. The van der Waals surface area contributed by atoms with Crippen molar-refractivity contribution < 1.29 is 4.79 Å². The summed E-state index contributed by atoms with van der Waals surface area (Å²) in [5, 5.41) is 0. The lowest BCUT2D eigenvalue weighted by atomic mass is 9.75. The van der Waals surface area contributed by atoms with E-state index in [1.54, 1.807) is 0 Å². The standard InChI is InChI=1S/C26H30O/c27-25-13-7-6-12-23(25)26-20(16-18-8-2-1-3-9-18)14-15-22-21-11-5-4-10-19(21)17-24(22)26/h4-5,10-11,14-15,18,23H,1-3,6-9,12-13,16-17H2. The second-order valence-corrected chi connectivity index (χ2v) is 8.97. The van der Waals surface area contributed by atoms with Gasteiger partial charge < -0.3 is 0 Å². The van der Waals surface area contributed by atoms with E-state index in [-0.39, 0.29) is 5.92 Å². The Hall–Kier alpha value is -1.89. The number of carbonyl (C=O) groups excluding carboxylic acids is 1. The lowest BCUT2D eigenvalue weighted by Crippen LogP contribution is -2.21. The van der Waals surface area contributed by atoms with Crippen LogP contribution in [0, 0.1) is 5.92 Å². The van der Waals surface area contributed by atoms with E-state index in [1.807, 2.05) is 0 Å². The molecule has 0 N–H and O–H groups in total. The van der Waals surface area contributed by atoms with Crippen molar-refractivity contribution in [3.05, 3.63) is 58.7 Å². The van der Waals surface area contributed by atoms with Crippen molar-refractivity contribution >= 4 is 5.78 Å². The second-order valence-electron chi connectivity index (χ2n) is 8.97. The van der Waals surface area contributed by atoms with Crippen LogP contribution in [0.1, 0.15) is 86.0 Å². The summed E-state index contributed by atoms with van der Waals surface area (Å²) in [7, 11) is 0. The van der Waals surface area contributed by atoms with Crippen molar-refractivity contribution in [1.29, 1.82) is 0 Å². The Morgan fingerprint density at radius 1 is 0.815 bits per heavy atom. The number of hydrogen-bond donors (Lipinski definition) is 0. The topological polar surface area (TPSA) is 17.1 Å². The molecule has 0 bridgehead atoms. The Morgan fingerprint density at radius 2 is 1.63 bits per heavy atom. The first kappa shape index (κ1) is 17.2. The molecule has 27 heavy (non-hydrogen) atoms. The van der Waals surface area contributed by atoms with E-state index in [0.29, 0.717) is 5.78 Å². The Labute approximate surface area is 163 Å². The van der Waals surface area contributed by atoms with E-state index < -0.39 is 0 Å². The molecule has 3 aliphatic carbocycles. The number of ketones is 1. The van der Waals surface area contributed by atoms with Crippen LogP contribution >= 0.6 is 0 Å². The molecule has 1 atom stereocenters. The molecule has 0 heterocycles. The molecule has 2 aromatic carbocycles. The van der Waals surface area contributed by atoms with Gasteiger partial charge in [-0.25, -0.2) is 0 Å². The number of Topliss-reactive ketones (excluding diaryl/α,β-unsaturated/α-hetero) is 1. The molecular weight excluding hydrogens is 328 g/mol. The third-order valence-electron chi connectivity index (χ3n) is 7.26. The summed E-state index contributed by atoms with van der Waals surface area (Å²) < 4.78 is 0. The van der Waals surface area contributed by atoms with Crippen LogP contribution in [0.4, 0.5) is 0 Å². The van der Waals surface area contributed by atoms with Crippen molar-refractivity contribution in [1.82, 2.24) is 0 Å². The normalized spacial score (nSPS) is 22.5. The molecule has 0 radical (unpaired) electrons. The number of carbonyl (C=O) groups is 1. The first-order valence-electron chi connectivity index (χ1n) is 11.1. The summed E-state index contributed by atoms with van der Waals surface area (Å²) in [4.78, 5) is 12.9. The number of fused-ring (bicyclic) bond motifs is 3. The molecule has 0 spiro atoms. The number of benzene rings is 2. The lowest BCUT2D eigenvalue weighted by Gasteiger charge is -2.28. The van der Waals surface area contributed by atoms with Gasteiger partial charge in [-0.3, -0.25) is 4.79 Å². The molecule has 1 unspecified atom stereocenters. The van der Waals surface area contributed by atoms with Crippen LogP contribution in [-0.4, -0.2) is 5.78 Å². The quantitative estimate of drug-likeness (QED) is 0.515. The molecule has 0 aliphatic heterocycles. The largest absolute Gasteiger partial charge is 0.299 e. The van der Waals surface area contributed by atoms with Gasteiger partial charge in [0.25, 0.3) is 0 Å². The summed E-state index contributed by atoms with van der Waals surface area (Å²) in [6.07, 6.45) is 13.3. The Morgan fingerprint density at radius 3 is 2.48 bits per heavy atom. The second kappa shape index (κ2) is 7.26. The van der Waals surface area contributed by atoms with Crippen LogP contribution in [0.25, 0.3) is 11.1 Å². The van der Waals surface area contributed by atoms with Gasteiger partial charge in [0, 0.05) is 12.3 Å². The zero-order chi connectivity index (χ0) is 18.2. The highest BCUT2D eigenvalue weighted by molar-refractivity contribution is 5.89. The smallest absolute Gasteiger partial charge is 0.140 e. The van der Waals surface area contributed by atoms with E-state index in [1.165, 1.54) is 78.3 Å². The Balaban J connectivity index is 1.59. The van der Waals surface area contributed by atoms with Gasteiger partial charge >= 0.3 is 0 Å². The van der Waals surface area contributed by atoms with Crippen LogP contribution in [-0.2, 0) is 17.6 Å². The number of hydrogen-bond acceptors (Lipinski definition) is 1. The van der Waals surface area contributed by atoms with E-state index in [2.05, 4.69) is 36.4 Å². The van der Waals surface area contributed by atoms with Crippen LogP contribution in [0.5, 0.6) is 0 Å². The van der Waals surface area contributed by atoms with Crippen molar-refractivity contribution in [3.63, 3.8) is 0 Å². The summed E-state index contributed by atoms with van der Waals surface area (Å²) in [6.45, 7) is 0. The van der Waals surface area contributed by atoms with Crippen molar-refractivity contribution in [2.24, 2.45) is 5.92 Å². The molecule has 2 fully saturated rings. The van der Waals surface area contributed by atoms with Crippen molar-refractivity contribution in [2.75, 3.05) is 0 Å². The van der Waals surface area contributed by atoms with Crippen LogP contribution in [0.3, 0.4) is 0 Å². The minimum absolute atomic E-state index is 0.154. The van der Waals surface area contributed by atoms with Crippen LogP contribution in [0.15, 0.2) is 36.4 Å². The average Bonchev–Trinajstić information content (AvgIpc) is 3.08. The molecule has 3 aliphatic rings. The van der Waals surface area contributed by atoms with Gasteiger partial charge in [0.2, 0.25) is 0 Å². The molecule has 1 heteroatoms. The number of rotatable bonds is 3. The summed E-state index contributed by atoms with van der Waals surface area (Å²) in [6, 6.07) is 13.6. The minimum Gasteiger partial charge on any atom is -0.299 e. The minimum atomic E-state index is 0.154. The van der Waals surface area contributed by atoms with Gasteiger partial charge in [0.05, 0.1) is 0 Å². The monoisotopic (exact) mass is 358 g/mol. The van der Waals surface area contributed by atoms with Gasteiger partial charge in [-0.1, -0.05) is 74.9 Å². The zero-order valence-corrected chi connectivity index (χ0v) is 16.3. The van der Waals surface area contributed by atoms with Crippen molar-refractivity contribution in [2.45, 2.75) is 76.5 Å². The van der Waals surface area contributed by atoms with E-state index in [4.69, 9.17) is 0 Å². The molecule has 1 nitrogen and oxygen atoms in total. The van der Waals surface area contributed by atoms with Gasteiger partial charge in [-0.15, -0.1) is 0 Å². The fraction of sp³-hybridized carbons (Fsp3) is 0.500. The average molecular weight is 359 g/mol. The van der Waals surface area contributed by atoms with Crippen LogP contribution in [0.2, 0.25) is 0 Å². The highest BCUT2D eigenvalue weighted by Gasteiger charge is 2.32. The van der Waals surface area contributed by atoms with Gasteiger partial charge in [0.15, 0.2) is 0 Å². The molecule has 0 amide bonds. The summed E-state index contributed by atoms with van der Waals surface area (Å²) >= 11 is 0. The predicted octanol–water partition coefficient (Wildman–Crippen LogP) is 6.61. The van der Waals surface area contributed by atoms with E-state index in [0.717, 1.165) is 31.6 Å². The summed E-state index contributed by atoms with van der Waals surface area (Å²) in [5.74, 6) is 1.47. The highest BCUT2D eigenvalue weighted by atomic mass is 16.1. The van der Waals surface area contributed by atoms with Gasteiger partial charge in [-0.2, -0.15) is 0 Å². The van der Waals surface area contributed by atoms with Gasteiger partial charge in [-0.05, 0) is 65.0 Å². The Bertz CT molecular complexity index is 857. The fourth-order valence-corrected chi connectivity index (χ4v) is 5.89. The molecule has 2 aromatic rings. The molecular formula is C26H30O. The SMILES string of the molecule is O=C1CCCCC1c1c(CC2CCCCC2)ccc2c1Cc1ccccc1-2. The maximum atomic E-state index is 12.9. The molecule has 0 saturated heterocycles. The third-order valence-corrected chi connectivity index (χ3v) is 7.26.